The molecule has 0 heterocycles. The minimum absolute atomic E-state index is 0.0141. The van der Waals surface area contributed by atoms with E-state index in [0.717, 1.165) is 12.1 Å². The molecular weight excluding hydrogens is 269 g/mol. The number of hydrogen-bond donors (Lipinski definition) is 2. The zero-order valence-electron chi connectivity index (χ0n) is 9.88. The van der Waals surface area contributed by atoms with Gasteiger partial charge in [0.15, 0.2) is 9.84 Å². The molecule has 0 aliphatic rings. The Bertz CT molecular complexity index is 696. The first-order valence-corrected chi connectivity index (χ1v) is 7.09. The predicted molar refractivity (Wildman–Crippen MR) is 69.8 cm³/mol. The average molecular weight is 281 g/mol. The number of nitrogen functional groups attached to an aromatic ring is 1. The Morgan fingerprint density at radius 1 is 1.11 bits per heavy atom. The Hall–Kier alpha value is -2.08. The van der Waals surface area contributed by atoms with Crippen LogP contribution in [-0.4, -0.2) is 13.5 Å². The highest BCUT2D eigenvalue weighted by Crippen LogP contribution is 2.24. The average Bonchev–Trinajstić information content (AvgIpc) is 2.35. The second kappa shape index (κ2) is 4.89. The molecule has 0 bridgehead atoms. The number of phenols is 1. The van der Waals surface area contributed by atoms with Crippen molar-refractivity contribution in [2.75, 3.05) is 5.73 Å². The number of anilines is 1. The minimum atomic E-state index is -3.73. The lowest BCUT2D eigenvalue weighted by molar-refractivity contribution is 0.475. The van der Waals surface area contributed by atoms with Gasteiger partial charge in [0.2, 0.25) is 0 Å². The van der Waals surface area contributed by atoms with Crippen LogP contribution in [0.4, 0.5) is 10.1 Å². The third-order valence-electron chi connectivity index (χ3n) is 2.60. The molecule has 6 heteroatoms. The zero-order valence-corrected chi connectivity index (χ0v) is 10.7. The topological polar surface area (TPSA) is 80.4 Å². The number of nitrogens with two attached hydrogens (primary N) is 1. The summed E-state index contributed by atoms with van der Waals surface area (Å²) in [6.45, 7) is 0. The van der Waals surface area contributed by atoms with Crippen LogP contribution in [0.1, 0.15) is 5.56 Å². The fourth-order valence-electron chi connectivity index (χ4n) is 1.67. The Labute approximate surface area is 110 Å². The quantitative estimate of drug-likeness (QED) is 0.844. The van der Waals surface area contributed by atoms with Crippen molar-refractivity contribution >= 4 is 15.5 Å². The van der Waals surface area contributed by atoms with Crippen LogP contribution in [0.25, 0.3) is 0 Å². The van der Waals surface area contributed by atoms with E-state index in [1.165, 1.54) is 30.3 Å². The lowest BCUT2D eigenvalue weighted by Crippen LogP contribution is -2.08. The Balaban J connectivity index is 2.37. The van der Waals surface area contributed by atoms with Gasteiger partial charge in [-0.05, 0) is 35.9 Å². The molecule has 0 radical (unpaired) electrons. The Morgan fingerprint density at radius 3 is 2.37 bits per heavy atom. The van der Waals surface area contributed by atoms with Gasteiger partial charge in [0.25, 0.3) is 0 Å². The van der Waals surface area contributed by atoms with Crippen molar-refractivity contribution in [1.82, 2.24) is 0 Å². The van der Waals surface area contributed by atoms with Crippen molar-refractivity contribution < 1.29 is 17.9 Å². The maximum Gasteiger partial charge on any atom is 0.184 e. The van der Waals surface area contributed by atoms with Crippen molar-refractivity contribution in [3.05, 3.63) is 53.8 Å². The van der Waals surface area contributed by atoms with E-state index in [2.05, 4.69) is 0 Å². The van der Waals surface area contributed by atoms with Crippen molar-refractivity contribution in [3.8, 4) is 5.75 Å². The van der Waals surface area contributed by atoms with E-state index in [9.17, 15) is 12.8 Å². The Kier molecular flexibility index (Phi) is 3.44. The predicted octanol–water partition coefficient (Wildman–Crippen LogP) is 2.09. The summed E-state index contributed by atoms with van der Waals surface area (Å²) in [5.74, 6) is -0.911. The monoisotopic (exact) mass is 281 g/mol. The maximum atomic E-state index is 13.1. The second-order valence-electron chi connectivity index (χ2n) is 4.11. The van der Waals surface area contributed by atoms with Crippen LogP contribution in [0.15, 0.2) is 47.4 Å². The van der Waals surface area contributed by atoms with Gasteiger partial charge in [-0.25, -0.2) is 12.8 Å². The van der Waals surface area contributed by atoms with Gasteiger partial charge in [0.05, 0.1) is 16.3 Å². The second-order valence-corrected chi connectivity index (χ2v) is 6.07. The number of aromatic hydroxyl groups is 1. The molecular formula is C13H12FNO3S. The van der Waals surface area contributed by atoms with Gasteiger partial charge in [-0.1, -0.05) is 12.1 Å². The van der Waals surface area contributed by atoms with Crippen LogP contribution in [0.5, 0.6) is 5.75 Å². The SMILES string of the molecule is Nc1ccc(F)cc1S(=O)(=O)Cc1ccc(O)cc1. The fourth-order valence-corrected chi connectivity index (χ4v) is 3.17. The van der Waals surface area contributed by atoms with E-state index in [1.807, 2.05) is 0 Å². The molecule has 0 saturated carbocycles. The largest absolute Gasteiger partial charge is 0.508 e. The molecule has 0 aromatic heterocycles. The van der Waals surface area contributed by atoms with Crippen LogP contribution in [0.2, 0.25) is 0 Å². The molecule has 0 aliphatic carbocycles. The molecule has 0 aliphatic heterocycles. The summed E-state index contributed by atoms with van der Waals surface area (Å²) < 4.78 is 37.4. The molecule has 4 nitrogen and oxygen atoms in total. The summed E-state index contributed by atoms with van der Waals surface area (Å²) in [4.78, 5) is -0.222. The summed E-state index contributed by atoms with van der Waals surface area (Å²) in [5, 5.41) is 9.13. The molecule has 3 N–H and O–H groups in total. The highest BCUT2D eigenvalue weighted by Gasteiger charge is 2.19. The standard InChI is InChI=1S/C13H12FNO3S/c14-10-3-6-12(15)13(7-10)19(17,18)8-9-1-4-11(16)5-2-9/h1-7,16H,8,15H2. The third kappa shape index (κ3) is 3.03. The summed E-state index contributed by atoms with van der Waals surface area (Å²) in [5.41, 5.74) is 6.07. The van der Waals surface area contributed by atoms with Gasteiger partial charge in [-0.15, -0.1) is 0 Å². The van der Waals surface area contributed by atoms with E-state index in [-0.39, 0.29) is 22.1 Å². The van der Waals surface area contributed by atoms with Crippen molar-refractivity contribution in [1.29, 1.82) is 0 Å². The van der Waals surface area contributed by atoms with E-state index < -0.39 is 15.7 Å². The number of sulfone groups is 1. The van der Waals surface area contributed by atoms with Gasteiger partial charge in [-0.2, -0.15) is 0 Å². The van der Waals surface area contributed by atoms with Crippen molar-refractivity contribution in [2.45, 2.75) is 10.6 Å². The van der Waals surface area contributed by atoms with E-state index >= 15 is 0 Å². The smallest absolute Gasteiger partial charge is 0.184 e. The molecule has 0 fully saturated rings. The van der Waals surface area contributed by atoms with E-state index in [1.54, 1.807) is 0 Å². The van der Waals surface area contributed by atoms with Gasteiger partial charge >= 0.3 is 0 Å². The molecule has 2 aromatic carbocycles. The van der Waals surface area contributed by atoms with Gasteiger partial charge in [0, 0.05) is 0 Å². The van der Waals surface area contributed by atoms with Crippen molar-refractivity contribution in [3.63, 3.8) is 0 Å². The molecule has 100 valence electrons. The fraction of sp³-hybridized carbons (Fsp3) is 0.0769. The molecule has 2 aromatic rings. The molecule has 0 saturated heterocycles. The third-order valence-corrected chi connectivity index (χ3v) is 4.34. The molecule has 19 heavy (non-hydrogen) atoms. The molecule has 2 rings (SSSR count). The maximum absolute atomic E-state index is 13.1. The number of rotatable bonds is 3. The number of hydrogen-bond acceptors (Lipinski definition) is 4. The molecule has 0 spiro atoms. The van der Waals surface area contributed by atoms with Crippen molar-refractivity contribution in [2.24, 2.45) is 0 Å². The first kappa shape index (κ1) is 13.4. The van der Waals surface area contributed by atoms with Gasteiger partial charge in [0.1, 0.15) is 11.6 Å². The van der Waals surface area contributed by atoms with Crippen LogP contribution >= 0.6 is 0 Å². The first-order chi connectivity index (χ1) is 8.88. The van der Waals surface area contributed by atoms with Gasteiger partial charge < -0.3 is 10.8 Å². The molecule has 0 amide bonds. The van der Waals surface area contributed by atoms with Crippen LogP contribution in [-0.2, 0) is 15.6 Å². The van der Waals surface area contributed by atoms with Crippen LogP contribution < -0.4 is 5.73 Å². The summed E-state index contributed by atoms with van der Waals surface area (Å²) in [7, 11) is -3.73. The van der Waals surface area contributed by atoms with E-state index in [4.69, 9.17) is 10.8 Å². The normalized spacial score (nSPS) is 11.4. The van der Waals surface area contributed by atoms with E-state index in [0.29, 0.717) is 5.56 Å². The minimum Gasteiger partial charge on any atom is -0.508 e. The zero-order chi connectivity index (χ0) is 14.0. The summed E-state index contributed by atoms with van der Waals surface area (Å²) in [6, 6.07) is 8.99. The number of phenolic OH excluding ortho intramolecular Hbond substituents is 1. The summed E-state index contributed by atoms with van der Waals surface area (Å²) in [6.07, 6.45) is 0. The van der Waals surface area contributed by atoms with Gasteiger partial charge in [-0.3, -0.25) is 0 Å². The Morgan fingerprint density at radius 2 is 1.74 bits per heavy atom. The molecule has 0 unspecified atom stereocenters. The van der Waals surface area contributed by atoms with Crippen LogP contribution in [0, 0.1) is 5.82 Å². The highest BCUT2D eigenvalue weighted by molar-refractivity contribution is 7.90. The summed E-state index contributed by atoms with van der Waals surface area (Å²) >= 11 is 0. The van der Waals surface area contributed by atoms with Crippen LogP contribution in [0.3, 0.4) is 0 Å². The number of benzene rings is 2. The lowest BCUT2D eigenvalue weighted by Gasteiger charge is -2.08. The lowest BCUT2D eigenvalue weighted by atomic mass is 10.2. The molecule has 0 atom stereocenters. The number of halogens is 1. The highest BCUT2D eigenvalue weighted by atomic mass is 32.2. The first-order valence-electron chi connectivity index (χ1n) is 5.44.